The van der Waals surface area contributed by atoms with Crippen molar-refractivity contribution in [2.45, 2.75) is 70.9 Å². The highest BCUT2D eigenvalue weighted by Crippen LogP contribution is 2.29. The molecule has 0 aromatic rings. The van der Waals surface area contributed by atoms with Crippen LogP contribution in [0.15, 0.2) is 0 Å². The lowest BCUT2D eigenvalue weighted by molar-refractivity contribution is -0.135. The van der Waals surface area contributed by atoms with Gasteiger partial charge in [-0.25, -0.2) is 4.79 Å². The van der Waals surface area contributed by atoms with Crippen LogP contribution in [-0.2, 0) is 4.79 Å². The molecule has 2 fully saturated rings. The topological polar surface area (TPSA) is 61.4 Å². The van der Waals surface area contributed by atoms with Crippen LogP contribution in [0.1, 0.15) is 58.8 Å². The van der Waals surface area contributed by atoms with Crippen LogP contribution in [-0.4, -0.2) is 42.0 Å². The molecule has 2 aliphatic rings. The molecule has 0 aromatic heterocycles. The maximum atomic E-state index is 12.9. The predicted molar refractivity (Wildman–Crippen MR) is 83.0 cm³/mol. The van der Waals surface area contributed by atoms with Gasteiger partial charge in [0.05, 0.1) is 0 Å². The van der Waals surface area contributed by atoms with Crippen LogP contribution in [0.3, 0.4) is 0 Å². The Labute approximate surface area is 127 Å². The zero-order valence-corrected chi connectivity index (χ0v) is 13.4. The predicted octanol–water partition coefficient (Wildman–Crippen LogP) is 2.27. The molecule has 2 unspecified atom stereocenters. The maximum Gasteiger partial charge on any atom is 0.315 e. The molecule has 0 aromatic carbocycles. The van der Waals surface area contributed by atoms with Gasteiger partial charge in [0, 0.05) is 19.1 Å². The van der Waals surface area contributed by atoms with Crippen LogP contribution in [0.2, 0.25) is 0 Å². The first-order chi connectivity index (χ1) is 10.1. The van der Waals surface area contributed by atoms with Crippen molar-refractivity contribution in [3.8, 4) is 0 Å². The van der Waals surface area contributed by atoms with Crippen LogP contribution >= 0.6 is 0 Å². The van der Waals surface area contributed by atoms with E-state index in [0.717, 1.165) is 32.2 Å². The van der Waals surface area contributed by atoms with Gasteiger partial charge in [-0.1, -0.05) is 19.3 Å². The normalized spacial score (nSPS) is 24.7. The molecule has 1 saturated heterocycles. The molecule has 1 aliphatic carbocycles. The van der Waals surface area contributed by atoms with Crippen LogP contribution < -0.4 is 10.6 Å². The van der Waals surface area contributed by atoms with Gasteiger partial charge in [0.2, 0.25) is 5.91 Å². The first-order valence-corrected chi connectivity index (χ1v) is 8.48. The van der Waals surface area contributed by atoms with E-state index >= 15 is 0 Å². The number of likely N-dealkylation sites (tertiary alicyclic amines) is 1. The van der Waals surface area contributed by atoms with Crippen molar-refractivity contribution < 1.29 is 9.59 Å². The van der Waals surface area contributed by atoms with E-state index in [1.54, 1.807) is 0 Å². The highest BCUT2D eigenvalue weighted by atomic mass is 16.2. The van der Waals surface area contributed by atoms with Crippen molar-refractivity contribution in [1.82, 2.24) is 15.5 Å². The van der Waals surface area contributed by atoms with Gasteiger partial charge in [-0.3, -0.25) is 4.79 Å². The average Bonchev–Trinajstić information content (AvgIpc) is 2.91. The van der Waals surface area contributed by atoms with Gasteiger partial charge >= 0.3 is 6.03 Å². The average molecular weight is 295 g/mol. The number of nitrogens with zero attached hydrogens (tertiary/aromatic N) is 1. The van der Waals surface area contributed by atoms with Crippen LogP contribution in [0.4, 0.5) is 4.79 Å². The first-order valence-electron chi connectivity index (χ1n) is 8.48. The molecule has 5 heteroatoms. The second-order valence-corrected chi connectivity index (χ2v) is 6.40. The second kappa shape index (κ2) is 7.66. The van der Waals surface area contributed by atoms with Gasteiger partial charge in [0.25, 0.3) is 0 Å². The Morgan fingerprint density at radius 3 is 2.43 bits per heavy atom. The summed E-state index contributed by atoms with van der Waals surface area (Å²) in [6, 6.07) is -0.259. The summed E-state index contributed by atoms with van der Waals surface area (Å²) in [5, 5.41) is 5.69. The summed E-state index contributed by atoms with van der Waals surface area (Å²) in [5.74, 6) is 0.416. The number of urea groups is 1. The fourth-order valence-electron chi connectivity index (χ4n) is 3.64. The molecule has 2 atom stereocenters. The fourth-order valence-corrected chi connectivity index (χ4v) is 3.64. The molecule has 0 bridgehead atoms. The minimum atomic E-state index is -0.350. The van der Waals surface area contributed by atoms with E-state index in [0.29, 0.717) is 18.5 Å². The molecule has 3 amide bonds. The van der Waals surface area contributed by atoms with Crippen molar-refractivity contribution in [3.63, 3.8) is 0 Å². The number of carbonyl (C=O) groups is 2. The number of hydrogen-bond donors (Lipinski definition) is 2. The van der Waals surface area contributed by atoms with Gasteiger partial charge in [-0.2, -0.15) is 0 Å². The Hall–Kier alpha value is -1.26. The molecular formula is C16H29N3O2. The van der Waals surface area contributed by atoms with Crippen molar-refractivity contribution >= 4 is 11.9 Å². The molecule has 120 valence electrons. The molecule has 0 radical (unpaired) electrons. The Morgan fingerprint density at radius 1 is 1.14 bits per heavy atom. The van der Waals surface area contributed by atoms with Gasteiger partial charge in [0.1, 0.15) is 6.04 Å². The molecule has 2 rings (SSSR count). The molecule has 0 spiro atoms. The van der Waals surface area contributed by atoms with E-state index in [1.807, 2.05) is 11.8 Å². The Bertz CT molecular complexity index is 367. The Kier molecular flexibility index (Phi) is 5.88. The highest BCUT2D eigenvalue weighted by molar-refractivity contribution is 5.87. The summed E-state index contributed by atoms with van der Waals surface area (Å²) in [6.07, 6.45) is 7.83. The molecule has 1 aliphatic heterocycles. The number of rotatable bonds is 4. The smallest absolute Gasteiger partial charge is 0.315 e. The van der Waals surface area contributed by atoms with Gasteiger partial charge in [-0.05, 0) is 45.4 Å². The highest BCUT2D eigenvalue weighted by Gasteiger charge is 2.36. The van der Waals surface area contributed by atoms with Gasteiger partial charge < -0.3 is 15.5 Å². The minimum Gasteiger partial charge on any atom is -0.338 e. The third-order valence-corrected chi connectivity index (χ3v) is 4.85. The van der Waals surface area contributed by atoms with E-state index in [4.69, 9.17) is 0 Å². The quantitative estimate of drug-likeness (QED) is 0.836. The number of carbonyl (C=O) groups excluding carboxylic acids is 2. The monoisotopic (exact) mass is 295 g/mol. The SMILES string of the molecule is CCNC(=O)NC(C(=O)N1CCCC1C)C1CCCCC1. The van der Waals surface area contributed by atoms with E-state index in [2.05, 4.69) is 17.6 Å². The lowest BCUT2D eigenvalue weighted by Crippen LogP contribution is -2.55. The Morgan fingerprint density at radius 2 is 1.86 bits per heavy atom. The summed E-state index contributed by atoms with van der Waals surface area (Å²) in [6.45, 7) is 5.41. The van der Waals surface area contributed by atoms with Crippen molar-refractivity contribution in [2.75, 3.05) is 13.1 Å². The van der Waals surface area contributed by atoms with E-state index in [-0.39, 0.29) is 18.0 Å². The summed E-state index contributed by atoms with van der Waals surface area (Å²) in [7, 11) is 0. The lowest BCUT2D eigenvalue weighted by atomic mass is 9.83. The summed E-state index contributed by atoms with van der Waals surface area (Å²) >= 11 is 0. The van der Waals surface area contributed by atoms with Gasteiger partial charge in [0.15, 0.2) is 0 Å². The summed E-state index contributed by atoms with van der Waals surface area (Å²) in [4.78, 5) is 26.7. The fraction of sp³-hybridized carbons (Fsp3) is 0.875. The molecule has 5 nitrogen and oxygen atoms in total. The standard InChI is InChI=1S/C16H29N3O2/c1-3-17-16(21)18-14(13-9-5-4-6-10-13)15(20)19-11-7-8-12(19)2/h12-14H,3-11H2,1-2H3,(H2,17,18,21). The number of nitrogens with one attached hydrogen (secondary N) is 2. The van der Waals surface area contributed by atoms with Crippen LogP contribution in [0, 0.1) is 5.92 Å². The second-order valence-electron chi connectivity index (χ2n) is 6.40. The van der Waals surface area contributed by atoms with Gasteiger partial charge in [-0.15, -0.1) is 0 Å². The summed E-state index contributed by atoms with van der Waals surface area (Å²) in [5.41, 5.74) is 0. The van der Waals surface area contributed by atoms with Crippen LogP contribution in [0.25, 0.3) is 0 Å². The zero-order valence-electron chi connectivity index (χ0n) is 13.4. The third kappa shape index (κ3) is 4.11. The van der Waals surface area contributed by atoms with Crippen molar-refractivity contribution in [3.05, 3.63) is 0 Å². The van der Waals surface area contributed by atoms with Crippen molar-refractivity contribution in [1.29, 1.82) is 0 Å². The number of hydrogen-bond acceptors (Lipinski definition) is 2. The molecular weight excluding hydrogens is 266 g/mol. The molecule has 2 N–H and O–H groups in total. The van der Waals surface area contributed by atoms with E-state index in [1.165, 1.54) is 19.3 Å². The van der Waals surface area contributed by atoms with E-state index in [9.17, 15) is 9.59 Å². The maximum absolute atomic E-state index is 12.9. The van der Waals surface area contributed by atoms with Crippen LogP contribution in [0.5, 0.6) is 0 Å². The molecule has 21 heavy (non-hydrogen) atoms. The minimum absolute atomic E-state index is 0.123. The lowest BCUT2D eigenvalue weighted by Gasteiger charge is -2.34. The number of amides is 3. The first kappa shape index (κ1) is 16.1. The van der Waals surface area contributed by atoms with Crippen molar-refractivity contribution in [2.24, 2.45) is 5.92 Å². The zero-order chi connectivity index (χ0) is 15.2. The molecule has 1 heterocycles. The Balaban J connectivity index is 2.06. The van der Waals surface area contributed by atoms with E-state index < -0.39 is 0 Å². The molecule has 1 saturated carbocycles. The third-order valence-electron chi connectivity index (χ3n) is 4.85. The summed E-state index contributed by atoms with van der Waals surface area (Å²) < 4.78 is 0. The largest absolute Gasteiger partial charge is 0.338 e.